The Kier molecular flexibility index (Phi) is 4.97. The van der Waals surface area contributed by atoms with E-state index in [4.69, 9.17) is 5.11 Å². The number of nitrogens with one attached hydrogen (secondary N) is 1. The Morgan fingerprint density at radius 3 is 2.41 bits per heavy atom. The van der Waals surface area contributed by atoms with Crippen LogP contribution in [0.15, 0.2) is 28.7 Å². The van der Waals surface area contributed by atoms with Crippen molar-refractivity contribution in [3.05, 3.63) is 45.7 Å². The Morgan fingerprint density at radius 1 is 1.27 bits per heavy atom. The Labute approximate surface area is 136 Å². The maximum Gasteiger partial charge on any atom is 0.305 e. The van der Waals surface area contributed by atoms with Crippen molar-refractivity contribution in [3.63, 3.8) is 0 Å². The molecule has 0 atom stereocenters. The SMILES string of the molecule is Cc1nn(-c2ccc(C(=O)NCCC(=O)O)cc2)c(C)c1Br. The molecule has 0 spiro atoms. The van der Waals surface area contributed by atoms with E-state index in [0.717, 1.165) is 21.5 Å². The second kappa shape index (κ2) is 6.74. The van der Waals surface area contributed by atoms with E-state index in [1.54, 1.807) is 28.9 Å². The fourth-order valence-electron chi connectivity index (χ4n) is 2.01. The van der Waals surface area contributed by atoms with Gasteiger partial charge in [0.25, 0.3) is 5.91 Å². The number of aromatic nitrogens is 2. The van der Waals surface area contributed by atoms with Crippen molar-refractivity contribution in [1.82, 2.24) is 15.1 Å². The van der Waals surface area contributed by atoms with E-state index in [9.17, 15) is 9.59 Å². The summed E-state index contributed by atoms with van der Waals surface area (Å²) in [4.78, 5) is 22.3. The molecule has 1 heterocycles. The number of carboxylic acid groups (broad SMARTS) is 1. The van der Waals surface area contributed by atoms with Crippen LogP contribution in [0.25, 0.3) is 5.69 Å². The van der Waals surface area contributed by atoms with Gasteiger partial charge in [-0.3, -0.25) is 9.59 Å². The molecule has 6 nitrogen and oxygen atoms in total. The van der Waals surface area contributed by atoms with Crippen LogP contribution >= 0.6 is 15.9 Å². The molecule has 7 heteroatoms. The monoisotopic (exact) mass is 365 g/mol. The first-order valence-corrected chi connectivity index (χ1v) is 7.51. The summed E-state index contributed by atoms with van der Waals surface area (Å²) in [6.45, 7) is 3.98. The van der Waals surface area contributed by atoms with E-state index in [0.29, 0.717) is 5.56 Å². The van der Waals surface area contributed by atoms with Gasteiger partial charge in [0.2, 0.25) is 0 Å². The lowest BCUT2D eigenvalue weighted by Gasteiger charge is -2.07. The molecule has 1 aromatic heterocycles. The van der Waals surface area contributed by atoms with Crippen molar-refractivity contribution in [3.8, 4) is 5.69 Å². The number of rotatable bonds is 5. The van der Waals surface area contributed by atoms with Gasteiger partial charge >= 0.3 is 5.97 Å². The smallest absolute Gasteiger partial charge is 0.305 e. The maximum absolute atomic E-state index is 11.9. The molecule has 0 aliphatic rings. The van der Waals surface area contributed by atoms with Crippen molar-refractivity contribution in [2.75, 3.05) is 6.54 Å². The highest BCUT2D eigenvalue weighted by molar-refractivity contribution is 9.10. The van der Waals surface area contributed by atoms with Gasteiger partial charge in [0.1, 0.15) is 0 Å². The topological polar surface area (TPSA) is 84.2 Å². The molecule has 0 aliphatic carbocycles. The van der Waals surface area contributed by atoms with Gasteiger partial charge in [-0.25, -0.2) is 4.68 Å². The van der Waals surface area contributed by atoms with Gasteiger partial charge in [0.15, 0.2) is 0 Å². The van der Waals surface area contributed by atoms with Gasteiger partial charge in [-0.15, -0.1) is 0 Å². The minimum absolute atomic E-state index is 0.0936. The van der Waals surface area contributed by atoms with E-state index in [2.05, 4.69) is 26.3 Å². The molecule has 0 unspecified atom stereocenters. The van der Waals surface area contributed by atoms with E-state index in [1.165, 1.54) is 0 Å². The molecule has 1 amide bonds. The number of aryl methyl sites for hydroxylation is 1. The normalized spacial score (nSPS) is 10.5. The molecule has 116 valence electrons. The lowest BCUT2D eigenvalue weighted by atomic mass is 10.2. The van der Waals surface area contributed by atoms with Crippen LogP contribution in [0.4, 0.5) is 0 Å². The molecule has 0 saturated heterocycles. The quantitative estimate of drug-likeness (QED) is 0.852. The van der Waals surface area contributed by atoms with Crippen molar-refractivity contribution in [2.45, 2.75) is 20.3 Å². The van der Waals surface area contributed by atoms with Gasteiger partial charge in [0, 0.05) is 12.1 Å². The largest absolute Gasteiger partial charge is 0.481 e. The summed E-state index contributed by atoms with van der Waals surface area (Å²) in [5.41, 5.74) is 3.22. The van der Waals surface area contributed by atoms with Crippen LogP contribution in [-0.2, 0) is 4.79 Å². The standard InChI is InChI=1S/C15H16BrN3O3/c1-9-14(16)10(2)19(18-9)12-5-3-11(4-6-12)15(22)17-8-7-13(20)21/h3-6H,7-8H2,1-2H3,(H,17,22)(H,20,21). The fraction of sp³-hybridized carbons (Fsp3) is 0.267. The first-order valence-electron chi connectivity index (χ1n) is 6.72. The van der Waals surface area contributed by atoms with Crippen LogP contribution < -0.4 is 5.32 Å². The molecule has 0 radical (unpaired) electrons. The molecule has 0 aliphatic heterocycles. The summed E-state index contributed by atoms with van der Waals surface area (Å²) in [7, 11) is 0. The Morgan fingerprint density at radius 2 is 1.91 bits per heavy atom. The highest BCUT2D eigenvalue weighted by Gasteiger charge is 2.11. The number of hydrogen-bond acceptors (Lipinski definition) is 3. The summed E-state index contributed by atoms with van der Waals surface area (Å²) in [5.74, 6) is -1.23. The van der Waals surface area contributed by atoms with Crippen molar-refractivity contribution < 1.29 is 14.7 Å². The lowest BCUT2D eigenvalue weighted by Crippen LogP contribution is -2.25. The number of carboxylic acids is 1. The number of benzene rings is 1. The third kappa shape index (κ3) is 3.54. The molecular weight excluding hydrogens is 350 g/mol. The number of carbonyl (C=O) groups excluding carboxylic acids is 1. The van der Waals surface area contributed by atoms with Crippen LogP contribution in [-0.4, -0.2) is 33.3 Å². The van der Waals surface area contributed by atoms with Crippen LogP contribution in [0, 0.1) is 13.8 Å². The Bertz CT molecular complexity index is 708. The summed E-state index contributed by atoms with van der Waals surface area (Å²) >= 11 is 3.48. The minimum Gasteiger partial charge on any atom is -0.481 e. The van der Waals surface area contributed by atoms with Crippen molar-refractivity contribution >= 4 is 27.8 Å². The molecule has 0 saturated carbocycles. The van der Waals surface area contributed by atoms with Gasteiger partial charge in [-0.2, -0.15) is 5.10 Å². The second-order valence-electron chi connectivity index (χ2n) is 4.84. The van der Waals surface area contributed by atoms with Gasteiger partial charge in [-0.05, 0) is 54.0 Å². The summed E-state index contributed by atoms with van der Waals surface area (Å²) in [6, 6.07) is 6.99. The highest BCUT2D eigenvalue weighted by Crippen LogP contribution is 2.23. The average Bonchev–Trinajstić information content (AvgIpc) is 2.74. The fourth-order valence-corrected chi connectivity index (χ4v) is 2.26. The van der Waals surface area contributed by atoms with Crippen LogP contribution in [0.1, 0.15) is 28.2 Å². The summed E-state index contributed by atoms with van der Waals surface area (Å²) < 4.78 is 2.76. The van der Waals surface area contributed by atoms with Gasteiger partial charge in [-0.1, -0.05) is 0 Å². The lowest BCUT2D eigenvalue weighted by molar-refractivity contribution is -0.136. The van der Waals surface area contributed by atoms with Crippen LogP contribution in [0.3, 0.4) is 0 Å². The number of halogens is 1. The Balaban J connectivity index is 2.11. The molecule has 1 aromatic carbocycles. The third-order valence-electron chi connectivity index (χ3n) is 3.20. The summed E-state index contributed by atoms with van der Waals surface area (Å²) in [5, 5.41) is 15.5. The Hall–Kier alpha value is -2.15. The number of aliphatic carboxylic acids is 1. The molecule has 0 fully saturated rings. The van der Waals surface area contributed by atoms with E-state index < -0.39 is 5.97 Å². The van der Waals surface area contributed by atoms with Crippen LogP contribution in [0.5, 0.6) is 0 Å². The zero-order valence-corrected chi connectivity index (χ0v) is 13.8. The first kappa shape index (κ1) is 16.2. The molecule has 22 heavy (non-hydrogen) atoms. The number of amides is 1. The number of carbonyl (C=O) groups is 2. The first-order chi connectivity index (χ1) is 10.4. The average molecular weight is 366 g/mol. The molecular formula is C15H16BrN3O3. The zero-order chi connectivity index (χ0) is 16.3. The molecule has 2 N–H and O–H groups in total. The van der Waals surface area contributed by atoms with E-state index >= 15 is 0 Å². The maximum atomic E-state index is 11.9. The predicted molar refractivity (Wildman–Crippen MR) is 85.3 cm³/mol. The number of nitrogens with zero attached hydrogens (tertiary/aromatic N) is 2. The van der Waals surface area contributed by atoms with Gasteiger partial charge < -0.3 is 10.4 Å². The number of hydrogen-bond donors (Lipinski definition) is 2. The minimum atomic E-state index is -0.939. The second-order valence-corrected chi connectivity index (χ2v) is 5.64. The zero-order valence-electron chi connectivity index (χ0n) is 12.3. The van der Waals surface area contributed by atoms with Crippen molar-refractivity contribution in [2.24, 2.45) is 0 Å². The highest BCUT2D eigenvalue weighted by atomic mass is 79.9. The van der Waals surface area contributed by atoms with Gasteiger partial charge in [0.05, 0.1) is 28.0 Å². The molecule has 2 aromatic rings. The molecule has 2 rings (SSSR count). The summed E-state index contributed by atoms with van der Waals surface area (Å²) in [6.07, 6.45) is -0.0936. The van der Waals surface area contributed by atoms with Crippen molar-refractivity contribution in [1.29, 1.82) is 0 Å². The molecule has 0 bridgehead atoms. The third-order valence-corrected chi connectivity index (χ3v) is 4.35. The van der Waals surface area contributed by atoms with E-state index in [1.807, 2.05) is 13.8 Å². The van der Waals surface area contributed by atoms with E-state index in [-0.39, 0.29) is 18.9 Å². The van der Waals surface area contributed by atoms with Crippen LogP contribution in [0.2, 0.25) is 0 Å². The predicted octanol–water partition coefficient (Wildman–Crippen LogP) is 2.46.